The van der Waals surface area contributed by atoms with Crippen molar-refractivity contribution in [3.8, 4) is 5.75 Å². The van der Waals surface area contributed by atoms with Crippen molar-refractivity contribution >= 4 is 51.2 Å². The highest BCUT2D eigenvalue weighted by atomic mass is 79.9. The van der Waals surface area contributed by atoms with E-state index in [4.69, 9.17) is 31.2 Å². The van der Waals surface area contributed by atoms with Crippen LogP contribution in [0.1, 0.15) is 29.7 Å². The van der Waals surface area contributed by atoms with E-state index in [2.05, 4.69) is 21.2 Å². The summed E-state index contributed by atoms with van der Waals surface area (Å²) in [5.74, 6) is 1.41. The van der Waals surface area contributed by atoms with Gasteiger partial charge in [0, 0.05) is 16.5 Å². The molecule has 5 rings (SSSR count). The minimum Gasteiger partial charge on any atom is -0.496 e. The zero-order valence-corrected chi connectivity index (χ0v) is 23.8. The molecule has 1 atom stereocenters. The Labute approximate surface area is 238 Å². The maximum Gasteiger partial charge on any atom is 0.338 e. The zero-order valence-electron chi connectivity index (χ0n) is 20.7. The Bertz CT molecular complexity index is 1510. The highest BCUT2D eigenvalue weighted by Crippen LogP contribution is 2.39. The molecular formula is C28H24BrClN4O3S. The third kappa shape index (κ3) is 5.60. The van der Waals surface area contributed by atoms with E-state index in [9.17, 15) is 4.79 Å². The molecule has 2 heterocycles. The van der Waals surface area contributed by atoms with Crippen LogP contribution >= 0.6 is 39.3 Å². The lowest BCUT2D eigenvalue weighted by molar-refractivity contribution is -0.140. The van der Waals surface area contributed by atoms with Crippen LogP contribution in [-0.4, -0.2) is 27.8 Å². The van der Waals surface area contributed by atoms with Gasteiger partial charge in [-0.2, -0.15) is 4.98 Å². The normalized spacial score (nSPS) is 14.6. The number of nitrogens with zero attached hydrogens (tertiary/aromatic N) is 3. The quantitative estimate of drug-likeness (QED) is 0.169. The fourth-order valence-corrected chi connectivity index (χ4v) is 5.85. The first kappa shape index (κ1) is 26.3. The molecule has 0 saturated heterocycles. The highest BCUT2D eigenvalue weighted by Gasteiger charge is 2.35. The van der Waals surface area contributed by atoms with Crippen LogP contribution in [-0.2, 0) is 21.9 Å². The fraction of sp³-hybridized carbons (Fsp3) is 0.179. The van der Waals surface area contributed by atoms with E-state index >= 15 is 0 Å². The molecule has 4 aromatic rings. The Hall–Kier alpha value is -3.27. The predicted molar refractivity (Wildman–Crippen MR) is 152 cm³/mol. The van der Waals surface area contributed by atoms with Crippen molar-refractivity contribution in [2.75, 3.05) is 12.4 Å². The van der Waals surface area contributed by atoms with Crippen molar-refractivity contribution in [2.24, 2.45) is 0 Å². The maximum atomic E-state index is 13.5. The molecule has 0 bridgehead atoms. The minimum atomic E-state index is -0.557. The summed E-state index contributed by atoms with van der Waals surface area (Å²) >= 11 is 11.4. The summed E-state index contributed by atoms with van der Waals surface area (Å²) in [6.07, 6.45) is 0. The third-order valence-electron chi connectivity index (χ3n) is 6.07. The van der Waals surface area contributed by atoms with Gasteiger partial charge < -0.3 is 14.8 Å². The van der Waals surface area contributed by atoms with Crippen molar-refractivity contribution in [3.63, 3.8) is 0 Å². The lowest BCUT2D eigenvalue weighted by Gasteiger charge is -2.28. The highest BCUT2D eigenvalue weighted by molar-refractivity contribution is 9.10. The van der Waals surface area contributed by atoms with E-state index < -0.39 is 12.0 Å². The largest absolute Gasteiger partial charge is 0.496 e. The molecule has 0 aliphatic carbocycles. The Morgan fingerprint density at radius 3 is 2.63 bits per heavy atom. The van der Waals surface area contributed by atoms with Crippen molar-refractivity contribution in [3.05, 3.63) is 110 Å². The average molecular weight is 612 g/mol. The van der Waals surface area contributed by atoms with Gasteiger partial charge in [-0.1, -0.05) is 78.0 Å². The number of halogens is 2. The van der Waals surface area contributed by atoms with Gasteiger partial charge >= 0.3 is 5.97 Å². The molecule has 0 saturated carbocycles. The van der Waals surface area contributed by atoms with Gasteiger partial charge in [-0.05, 0) is 57.7 Å². The van der Waals surface area contributed by atoms with Crippen LogP contribution < -0.4 is 10.1 Å². The Morgan fingerprint density at radius 1 is 1.13 bits per heavy atom. The van der Waals surface area contributed by atoms with E-state index in [1.54, 1.807) is 11.8 Å². The topological polar surface area (TPSA) is 78.3 Å². The van der Waals surface area contributed by atoms with E-state index in [1.165, 1.54) is 11.8 Å². The molecule has 1 N–H and O–H groups in total. The van der Waals surface area contributed by atoms with Gasteiger partial charge in [0.2, 0.25) is 11.1 Å². The number of esters is 1. The maximum absolute atomic E-state index is 13.5. The molecule has 0 amide bonds. The smallest absolute Gasteiger partial charge is 0.338 e. The summed E-state index contributed by atoms with van der Waals surface area (Å²) in [6.45, 7) is 2.01. The van der Waals surface area contributed by atoms with E-state index in [1.807, 2.05) is 79.7 Å². The molecule has 0 spiro atoms. The summed E-state index contributed by atoms with van der Waals surface area (Å²) in [4.78, 5) is 18.2. The number of carbonyl (C=O) groups excluding carboxylic acids is 1. The van der Waals surface area contributed by atoms with Gasteiger partial charge in [0.25, 0.3) is 0 Å². The summed E-state index contributed by atoms with van der Waals surface area (Å²) in [5, 5.41) is 9.30. The van der Waals surface area contributed by atoms with Crippen LogP contribution in [0.3, 0.4) is 0 Å². The third-order valence-corrected chi connectivity index (χ3v) is 7.95. The molecule has 0 radical (unpaired) electrons. The van der Waals surface area contributed by atoms with Gasteiger partial charge in [0.05, 0.1) is 17.2 Å². The first-order valence-corrected chi connectivity index (χ1v) is 13.9. The van der Waals surface area contributed by atoms with Gasteiger partial charge in [0.1, 0.15) is 18.4 Å². The van der Waals surface area contributed by atoms with Crippen molar-refractivity contribution in [1.29, 1.82) is 0 Å². The van der Waals surface area contributed by atoms with Crippen LogP contribution in [0.2, 0.25) is 5.02 Å². The Morgan fingerprint density at radius 2 is 1.89 bits per heavy atom. The van der Waals surface area contributed by atoms with Gasteiger partial charge in [-0.25, -0.2) is 9.48 Å². The molecular weight excluding hydrogens is 588 g/mol. The summed E-state index contributed by atoms with van der Waals surface area (Å²) in [7, 11) is 1.61. The van der Waals surface area contributed by atoms with Crippen LogP contribution in [0.5, 0.6) is 5.75 Å². The molecule has 10 heteroatoms. The van der Waals surface area contributed by atoms with Gasteiger partial charge in [-0.15, -0.1) is 5.10 Å². The van der Waals surface area contributed by atoms with E-state index in [0.717, 1.165) is 21.2 Å². The zero-order chi connectivity index (χ0) is 26.6. The standard InChI is InChI=1S/C28H24BrClN4O3S/c1-17-24(26(35)37-15-18-8-4-3-5-9-18)25(19-12-13-23(36-2)21(29)14-19)34-27(31-17)32-28(33-34)38-16-20-10-6-7-11-22(20)30/h3-14,25H,15-16H2,1-2H3,(H,31,32,33). The molecule has 194 valence electrons. The monoisotopic (exact) mass is 610 g/mol. The van der Waals surface area contributed by atoms with Gasteiger partial charge in [-0.3, -0.25) is 0 Å². The van der Waals surface area contributed by atoms with Crippen LogP contribution in [0.25, 0.3) is 0 Å². The van der Waals surface area contributed by atoms with Crippen LogP contribution in [0.15, 0.2) is 93.7 Å². The molecule has 3 aromatic carbocycles. The first-order chi connectivity index (χ1) is 18.4. The number of aromatic nitrogens is 3. The summed E-state index contributed by atoms with van der Waals surface area (Å²) < 4.78 is 13.7. The average Bonchev–Trinajstić information content (AvgIpc) is 3.33. The number of nitrogens with one attached hydrogen (secondary N) is 1. The summed E-state index contributed by atoms with van der Waals surface area (Å²) in [6, 6.07) is 22.4. The number of thioether (sulfide) groups is 1. The number of methoxy groups -OCH3 is 1. The second kappa shape index (κ2) is 11.6. The summed E-state index contributed by atoms with van der Waals surface area (Å²) in [5.41, 5.74) is 3.85. The van der Waals surface area contributed by atoms with Crippen LogP contribution in [0.4, 0.5) is 5.95 Å². The number of fused-ring (bicyclic) bond motifs is 1. The fourth-order valence-electron chi connectivity index (χ4n) is 4.18. The molecule has 1 unspecified atom stereocenters. The van der Waals surface area contributed by atoms with Crippen molar-refractivity contribution in [2.45, 2.75) is 30.5 Å². The Kier molecular flexibility index (Phi) is 8.06. The number of allylic oxidation sites excluding steroid dienone is 1. The number of carbonyl (C=O) groups is 1. The lowest BCUT2D eigenvalue weighted by Crippen LogP contribution is -2.29. The predicted octanol–water partition coefficient (Wildman–Crippen LogP) is 7.03. The van der Waals surface area contributed by atoms with E-state index in [0.29, 0.717) is 38.9 Å². The molecule has 7 nitrogen and oxygen atoms in total. The lowest BCUT2D eigenvalue weighted by atomic mass is 9.95. The number of hydrogen-bond donors (Lipinski definition) is 1. The van der Waals surface area contributed by atoms with Gasteiger partial charge in [0.15, 0.2) is 0 Å². The second-order valence-corrected chi connectivity index (χ2v) is 10.8. The SMILES string of the molecule is COc1ccc(C2C(C(=O)OCc3ccccc3)=C(C)Nc3nc(SCc4ccccc4Cl)nn32)cc1Br. The minimum absolute atomic E-state index is 0.165. The number of ether oxygens (including phenoxy) is 2. The molecule has 38 heavy (non-hydrogen) atoms. The first-order valence-electron chi connectivity index (χ1n) is 11.8. The number of hydrogen-bond acceptors (Lipinski definition) is 7. The number of benzene rings is 3. The molecule has 1 aromatic heterocycles. The van der Waals surface area contributed by atoms with Crippen molar-refractivity contribution in [1.82, 2.24) is 14.8 Å². The molecule has 0 fully saturated rings. The Balaban J connectivity index is 1.48. The molecule has 1 aliphatic rings. The number of anilines is 1. The van der Waals surface area contributed by atoms with Crippen LogP contribution in [0, 0.1) is 0 Å². The van der Waals surface area contributed by atoms with Crippen molar-refractivity contribution < 1.29 is 14.3 Å². The molecule has 1 aliphatic heterocycles. The number of rotatable bonds is 8. The second-order valence-electron chi connectivity index (χ2n) is 8.56. The van der Waals surface area contributed by atoms with E-state index in [-0.39, 0.29) is 6.61 Å².